The van der Waals surface area contributed by atoms with Crippen LogP contribution >= 0.6 is 0 Å². The number of unbranched alkanes of at least 4 members (excludes halogenated alkanes) is 7. The standard InChI is InChI=1S/C17H34O5/c1-2-3-4-5-6-7-8-9-10-17(19)22-16-15-21-14-13-20-12-11-18/h18H,2-16H2,1H3. The molecule has 0 aromatic rings. The van der Waals surface area contributed by atoms with Crippen molar-refractivity contribution in [3.8, 4) is 0 Å². The molecule has 22 heavy (non-hydrogen) atoms. The van der Waals surface area contributed by atoms with E-state index in [0.717, 1.165) is 12.8 Å². The molecule has 0 amide bonds. The van der Waals surface area contributed by atoms with Gasteiger partial charge in [-0.2, -0.15) is 0 Å². The van der Waals surface area contributed by atoms with E-state index < -0.39 is 0 Å². The van der Waals surface area contributed by atoms with Crippen LogP contribution in [0.4, 0.5) is 0 Å². The molecule has 5 nitrogen and oxygen atoms in total. The van der Waals surface area contributed by atoms with Gasteiger partial charge in [0.2, 0.25) is 0 Å². The van der Waals surface area contributed by atoms with Gasteiger partial charge in [-0.3, -0.25) is 4.79 Å². The minimum absolute atomic E-state index is 0.0242. The average molecular weight is 318 g/mol. The Labute approximate surface area is 135 Å². The van der Waals surface area contributed by atoms with E-state index >= 15 is 0 Å². The predicted octanol–water partition coefficient (Wildman–Crippen LogP) is 3.09. The first-order valence-electron chi connectivity index (χ1n) is 8.73. The maximum absolute atomic E-state index is 11.5. The van der Waals surface area contributed by atoms with Crippen molar-refractivity contribution in [2.45, 2.75) is 64.7 Å². The molecule has 0 aliphatic rings. The van der Waals surface area contributed by atoms with Crippen molar-refractivity contribution in [3.05, 3.63) is 0 Å². The topological polar surface area (TPSA) is 65.0 Å². The van der Waals surface area contributed by atoms with Crippen LogP contribution in [0, 0.1) is 0 Å². The molecular weight excluding hydrogens is 284 g/mol. The van der Waals surface area contributed by atoms with Gasteiger partial charge in [0.1, 0.15) is 6.61 Å². The highest BCUT2D eigenvalue weighted by molar-refractivity contribution is 5.69. The normalized spacial score (nSPS) is 10.8. The van der Waals surface area contributed by atoms with Gasteiger partial charge in [0.15, 0.2) is 0 Å². The largest absolute Gasteiger partial charge is 0.463 e. The number of aliphatic hydroxyl groups is 1. The number of rotatable bonds is 17. The lowest BCUT2D eigenvalue weighted by molar-refractivity contribution is -0.145. The van der Waals surface area contributed by atoms with Crippen molar-refractivity contribution in [2.24, 2.45) is 0 Å². The molecule has 0 spiro atoms. The molecule has 0 saturated heterocycles. The molecule has 0 aromatic carbocycles. The zero-order valence-corrected chi connectivity index (χ0v) is 14.2. The molecular formula is C17H34O5. The van der Waals surface area contributed by atoms with Gasteiger partial charge < -0.3 is 19.3 Å². The smallest absolute Gasteiger partial charge is 0.305 e. The summed E-state index contributed by atoms with van der Waals surface area (Å²) in [6.45, 7) is 4.18. The van der Waals surface area contributed by atoms with E-state index in [1.807, 2.05) is 0 Å². The van der Waals surface area contributed by atoms with Gasteiger partial charge in [0.25, 0.3) is 0 Å². The average Bonchev–Trinajstić information content (AvgIpc) is 2.52. The fourth-order valence-electron chi connectivity index (χ4n) is 2.08. The van der Waals surface area contributed by atoms with Crippen molar-refractivity contribution in [1.29, 1.82) is 0 Å². The number of carbonyl (C=O) groups excluding carboxylic acids is 1. The van der Waals surface area contributed by atoms with E-state index in [1.165, 1.54) is 38.5 Å². The summed E-state index contributed by atoms with van der Waals surface area (Å²) in [4.78, 5) is 11.5. The van der Waals surface area contributed by atoms with Crippen LogP contribution < -0.4 is 0 Å². The zero-order valence-electron chi connectivity index (χ0n) is 14.2. The first kappa shape index (κ1) is 21.4. The van der Waals surface area contributed by atoms with Crippen LogP contribution in [-0.2, 0) is 19.0 Å². The van der Waals surface area contributed by atoms with Gasteiger partial charge in [0.05, 0.1) is 33.0 Å². The second kappa shape index (κ2) is 18.4. The summed E-state index contributed by atoms with van der Waals surface area (Å²) in [6.07, 6.45) is 10.3. The lowest BCUT2D eigenvalue weighted by atomic mass is 10.1. The number of aliphatic hydroxyl groups excluding tert-OH is 1. The summed E-state index contributed by atoms with van der Waals surface area (Å²) in [5, 5.41) is 8.50. The van der Waals surface area contributed by atoms with Gasteiger partial charge in [-0.25, -0.2) is 0 Å². The lowest BCUT2D eigenvalue weighted by Gasteiger charge is -2.06. The summed E-state index contributed by atoms with van der Waals surface area (Å²) >= 11 is 0. The third kappa shape index (κ3) is 17.4. The number of hydrogen-bond donors (Lipinski definition) is 1. The second-order valence-corrected chi connectivity index (χ2v) is 5.39. The molecule has 0 bridgehead atoms. The summed E-state index contributed by atoms with van der Waals surface area (Å²) in [6, 6.07) is 0. The van der Waals surface area contributed by atoms with E-state index in [4.69, 9.17) is 19.3 Å². The number of carbonyl (C=O) groups is 1. The number of ether oxygens (including phenoxy) is 3. The third-order valence-electron chi connectivity index (χ3n) is 3.33. The Morgan fingerprint density at radius 3 is 1.95 bits per heavy atom. The molecule has 0 aromatic heterocycles. The molecule has 132 valence electrons. The highest BCUT2D eigenvalue weighted by atomic mass is 16.6. The number of esters is 1. The molecule has 0 unspecified atom stereocenters. The molecule has 0 radical (unpaired) electrons. The van der Waals surface area contributed by atoms with Crippen LogP contribution in [0.3, 0.4) is 0 Å². The van der Waals surface area contributed by atoms with Crippen LogP contribution in [0.15, 0.2) is 0 Å². The predicted molar refractivity (Wildman–Crippen MR) is 86.9 cm³/mol. The van der Waals surface area contributed by atoms with Crippen molar-refractivity contribution in [3.63, 3.8) is 0 Å². The van der Waals surface area contributed by atoms with Crippen molar-refractivity contribution in [1.82, 2.24) is 0 Å². The molecule has 0 rings (SSSR count). The molecule has 0 heterocycles. The minimum atomic E-state index is -0.133. The van der Waals surface area contributed by atoms with Crippen LogP contribution in [0.5, 0.6) is 0 Å². The fourth-order valence-corrected chi connectivity index (χ4v) is 2.08. The van der Waals surface area contributed by atoms with Gasteiger partial charge in [-0.05, 0) is 6.42 Å². The van der Waals surface area contributed by atoms with E-state index in [2.05, 4.69) is 6.92 Å². The monoisotopic (exact) mass is 318 g/mol. The van der Waals surface area contributed by atoms with Gasteiger partial charge in [-0.15, -0.1) is 0 Å². The molecule has 0 aliphatic heterocycles. The Hall–Kier alpha value is -0.650. The van der Waals surface area contributed by atoms with E-state index in [9.17, 15) is 4.79 Å². The summed E-state index contributed by atoms with van der Waals surface area (Å²) < 4.78 is 15.4. The van der Waals surface area contributed by atoms with Gasteiger partial charge >= 0.3 is 5.97 Å². The molecule has 0 saturated carbocycles. The first-order chi connectivity index (χ1) is 10.8. The maximum Gasteiger partial charge on any atom is 0.305 e. The Morgan fingerprint density at radius 2 is 1.32 bits per heavy atom. The highest BCUT2D eigenvalue weighted by Crippen LogP contribution is 2.09. The van der Waals surface area contributed by atoms with E-state index in [1.54, 1.807) is 0 Å². The third-order valence-corrected chi connectivity index (χ3v) is 3.33. The Morgan fingerprint density at radius 1 is 0.773 bits per heavy atom. The fraction of sp³-hybridized carbons (Fsp3) is 0.941. The van der Waals surface area contributed by atoms with Crippen LogP contribution in [0.1, 0.15) is 64.7 Å². The summed E-state index contributed by atoms with van der Waals surface area (Å²) in [5.74, 6) is -0.133. The van der Waals surface area contributed by atoms with Crippen LogP contribution in [-0.4, -0.2) is 50.7 Å². The molecule has 1 N–H and O–H groups in total. The Balaban J connectivity index is 3.13. The molecule has 0 aliphatic carbocycles. The maximum atomic E-state index is 11.5. The molecule has 0 fully saturated rings. The highest BCUT2D eigenvalue weighted by Gasteiger charge is 2.02. The van der Waals surface area contributed by atoms with Crippen LogP contribution in [0.25, 0.3) is 0 Å². The lowest BCUT2D eigenvalue weighted by Crippen LogP contribution is -2.13. The SMILES string of the molecule is CCCCCCCCCCC(=O)OCCOCCOCCO. The first-order valence-corrected chi connectivity index (χ1v) is 8.73. The van der Waals surface area contributed by atoms with Crippen molar-refractivity contribution < 1.29 is 24.1 Å². The van der Waals surface area contributed by atoms with E-state index in [-0.39, 0.29) is 12.6 Å². The Bertz CT molecular complexity index is 211. The van der Waals surface area contributed by atoms with Gasteiger partial charge in [0, 0.05) is 6.42 Å². The zero-order chi connectivity index (χ0) is 16.3. The van der Waals surface area contributed by atoms with Gasteiger partial charge in [-0.1, -0.05) is 51.9 Å². The van der Waals surface area contributed by atoms with Crippen LogP contribution in [0.2, 0.25) is 0 Å². The summed E-state index contributed by atoms with van der Waals surface area (Å²) in [7, 11) is 0. The minimum Gasteiger partial charge on any atom is -0.463 e. The van der Waals surface area contributed by atoms with E-state index in [0.29, 0.717) is 39.5 Å². The van der Waals surface area contributed by atoms with Crippen molar-refractivity contribution >= 4 is 5.97 Å². The molecule has 0 atom stereocenters. The molecule has 5 heteroatoms. The Kier molecular flexibility index (Phi) is 17.9. The summed E-state index contributed by atoms with van der Waals surface area (Å²) in [5.41, 5.74) is 0. The second-order valence-electron chi connectivity index (χ2n) is 5.39. The quantitative estimate of drug-likeness (QED) is 0.330. The number of hydrogen-bond acceptors (Lipinski definition) is 5. The van der Waals surface area contributed by atoms with Crippen molar-refractivity contribution in [2.75, 3.05) is 39.6 Å².